The summed E-state index contributed by atoms with van der Waals surface area (Å²) in [6.45, 7) is 0.275. The number of benzene rings is 5. The van der Waals surface area contributed by atoms with E-state index in [-0.39, 0.29) is 63.9 Å². The van der Waals surface area contributed by atoms with Crippen molar-refractivity contribution in [2.24, 2.45) is 35.8 Å². The van der Waals surface area contributed by atoms with Gasteiger partial charge in [-0.2, -0.15) is 45.6 Å². The van der Waals surface area contributed by atoms with Crippen LogP contribution >= 0.6 is 0 Å². The Balaban J connectivity index is 1.36. The molecule has 1 atom stereocenters. The number of hydrogen-bond acceptors (Lipinski definition) is 20. The zero-order valence-corrected chi connectivity index (χ0v) is 37.5. The smallest absolute Gasteiger partial charge is 0.355 e. The average Bonchev–Trinajstić information content (AvgIpc) is 3.62. The van der Waals surface area contributed by atoms with Crippen molar-refractivity contribution in [1.82, 2.24) is 0 Å². The number of phenols is 1. The number of phenolic OH excluding ortho intramolecular Hbond substituents is 1. The summed E-state index contributed by atoms with van der Waals surface area (Å²) in [7, 11) is -14.6. The molecule has 1 aliphatic rings. The third-order valence-corrected chi connectivity index (χ3v) is 12.1. The second kappa shape index (κ2) is 20.8. The van der Waals surface area contributed by atoms with Crippen molar-refractivity contribution in [3.8, 4) is 17.2 Å². The number of rotatable bonds is 20. The fourth-order valence-electron chi connectivity index (χ4n) is 6.30. The molecule has 6 rings (SSSR count). The molecule has 7 N–H and O–H groups in total. The summed E-state index contributed by atoms with van der Waals surface area (Å²) >= 11 is 0. The zero-order chi connectivity index (χ0) is 49.6. The van der Waals surface area contributed by atoms with E-state index in [2.05, 4.69) is 35.8 Å². The normalized spacial score (nSPS) is 14.7. The molecule has 25 nitrogen and oxygen atoms in total. The first-order valence-electron chi connectivity index (χ1n) is 19.6. The predicted octanol–water partition coefficient (Wildman–Crippen LogP) is 6.14. The predicted molar refractivity (Wildman–Crippen MR) is 237 cm³/mol. The maximum atomic E-state index is 13.3. The molecular formula is C40H38N8O17S3. The lowest BCUT2D eigenvalue weighted by atomic mass is 10.1. The Morgan fingerprint density at radius 3 is 1.88 bits per heavy atom. The van der Waals surface area contributed by atoms with Crippen molar-refractivity contribution in [3.05, 3.63) is 84.4 Å². The fourth-order valence-corrected chi connectivity index (χ4v) is 8.12. The number of ether oxygens (including phenoxy) is 2. The van der Waals surface area contributed by atoms with Gasteiger partial charge in [-0.3, -0.25) is 18.5 Å². The molecule has 1 unspecified atom stereocenters. The molecule has 5 aromatic carbocycles. The van der Waals surface area contributed by atoms with Crippen LogP contribution in [0, 0.1) is 0 Å². The minimum Gasteiger partial charge on any atom is -0.505 e. The largest absolute Gasteiger partial charge is 0.505 e. The maximum absolute atomic E-state index is 13.3. The highest BCUT2D eigenvalue weighted by Gasteiger charge is 2.41. The molecule has 0 aliphatic carbocycles. The van der Waals surface area contributed by atoms with Crippen LogP contribution in [0.4, 0.5) is 34.1 Å². The third-order valence-electron chi connectivity index (χ3n) is 9.49. The lowest BCUT2D eigenvalue weighted by Gasteiger charge is -2.13. The number of unbranched alkanes of at least 4 members (excludes halogenated alkanes) is 1. The highest BCUT2D eigenvalue weighted by Crippen LogP contribution is 2.45. The molecule has 0 saturated carbocycles. The Labute approximate surface area is 385 Å². The fraction of sp³-hybridized carbons (Fsp3) is 0.225. The molecule has 28 heteroatoms. The minimum atomic E-state index is -5.22. The van der Waals surface area contributed by atoms with Crippen LogP contribution in [-0.2, 0) is 46.4 Å². The van der Waals surface area contributed by atoms with E-state index in [1.54, 1.807) is 6.07 Å². The first-order chi connectivity index (χ1) is 32.1. The SMILES string of the molecule is CCCCc1ccc(N=Nc2cc(OCCO)c(N=Nc3c(S(=O)(=O)O)cc4cc(N=NC5C(=O)N(c6ccc(S(=O)(=O)O)cc6)N=C5C(=O)O)ccc4c3O)cc2OCCO)c(S(=O)(=O)O)c1. The second-order valence-corrected chi connectivity index (χ2v) is 18.4. The van der Waals surface area contributed by atoms with Gasteiger partial charge < -0.3 is 29.9 Å². The van der Waals surface area contributed by atoms with Crippen LogP contribution in [-0.4, -0.2) is 109 Å². The number of aromatic hydroxyl groups is 1. The van der Waals surface area contributed by atoms with Crippen molar-refractivity contribution in [2.45, 2.75) is 46.9 Å². The number of carboxylic acids is 1. The van der Waals surface area contributed by atoms with Crippen LogP contribution < -0.4 is 14.5 Å². The summed E-state index contributed by atoms with van der Waals surface area (Å²) in [5, 5.41) is 68.2. The number of carboxylic acid groups (broad SMARTS) is 1. The lowest BCUT2D eigenvalue weighted by Crippen LogP contribution is -2.33. The summed E-state index contributed by atoms with van der Waals surface area (Å²) in [5.74, 6) is -3.86. The van der Waals surface area contributed by atoms with Gasteiger partial charge in [0.05, 0.1) is 29.5 Å². The highest BCUT2D eigenvalue weighted by atomic mass is 32.2. The standard InChI is InChI=1S/C40H38N8O17S3/c1-2-3-4-22-5-12-28(33(17-22)67(58,59)60)42-43-29-20-32(65-16-14-50)30(21-31(29)64-15-13-49)44-45-35-34(68(61,62)63)19-23-18-24(6-11-27(23)38(35)51)41-46-36-37(40(53)54)47-48(39(36)52)25-7-9-26(10-8-25)66(55,56)57/h5-12,17-21,36,49-51H,2-4,13-16H2,1H3,(H,53,54)(H,55,56,57)(H,58,59,60)(H,61,62,63). The number of hydrazone groups is 1. The Hall–Kier alpha value is -7.18. The molecule has 5 aromatic rings. The van der Waals surface area contributed by atoms with E-state index in [0.717, 1.165) is 55.3 Å². The lowest BCUT2D eigenvalue weighted by molar-refractivity contribution is -0.130. The summed E-state index contributed by atoms with van der Waals surface area (Å²) in [6.07, 6.45) is 2.10. The molecule has 68 heavy (non-hydrogen) atoms. The van der Waals surface area contributed by atoms with E-state index in [0.29, 0.717) is 17.0 Å². The zero-order valence-electron chi connectivity index (χ0n) is 35.0. The maximum Gasteiger partial charge on any atom is 0.355 e. The quantitative estimate of drug-likeness (QED) is 0.0340. The van der Waals surface area contributed by atoms with Gasteiger partial charge in [-0.25, -0.2) is 4.79 Å². The summed E-state index contributed by atoms with van der Waals surface area (Å²) in [6, 6.07) is 13.3. The topological polar surface area (TPSA) is 386 Å². The van der Waals surface area contributed by atoms with Gasteiger partial charge in [-0.15, -0.1) is 20.5 Å². The molecule has 0 aromatic heterocycles. The number of aliphatic carboxylic acids is 1. The molecule has 1 amide bonds. The minimum absolute atomic E-state index is 0.0764. The van der Waals surface area contributed by atoms with Crippen LogP contribution in [0.3, 0.4) is 0 Å². The van der Waals surface area contributed by atoms with Gasteiger partial charge in [0, 0.05) is 17.5 Å². The summed E-state index contributed by atoms with van der Waals surface area (Å²) < 4.78 is 114. The third kappa shape index (κ3) is 11.7. The highest BCUT2D eigenvalue weighted by molar-refractivity contribution is 7.86. The van der Waals surface area contributed by atoms with Gasteiger partial charge in [-0.1, -0.05) is 19.4 Å². The van der Waals surface area contributed by atoms with E-state index in [1.807, 2.05) is 6.92 Å². The number of aryl methyl sites for hydroxylation is 1. The van der Waals surface area contributed by atoms with Gasteiger partial charge in [-0.05, 0) is 84.5 Å². The number of aliphatic hydroxyl groups is 2. The number of carbonyl (C=O) groups is 2. The average molecular weight is 999 g/mol. The van der Waals surface area contributed by atoms with Crippen LogP contribution in [0.2, 0.25) is 0 Å². The Morgan fingerprint density at radius 2 is 1.32 bits per heavy atom. The van der Waals surface area contributed by atoms with E-state index in [1.165, 1.54) is 30.3 Å². The molecule has 358 valence electrons. The monoisotopic (exact) mass is 998 g/mol. The molecule has 0 saturated heterocycles. The summed E-state index contributed by atoms with van der Waals surface area (Å²) in [4.78, 5) is 23.3. The Kier molecular flexibility index (Phi) is 15.3. The van der Waals surface area contributed by atoms with E-state index in [9.17, 15) is 68.9 Å². The number of nitrogens with zero attached hydrogens (tertiary/aromatic N) is 8. The van der Waals surface area contributed by atoms with Crippen molar-refractivity contribution in [1.29, 1.82) is 0 Å². The van der Waals surface area contributed by atoms with Crippen LogP contribution in [0.15, 0.2) is 129 Å². The molecule has 0 radical (unpaired) electrons. The van der Waals surface area contributed by atoms with Gasteiger partial charge in [0.1, 0.15) is 57.3 Å². The van der Waals surface area contributed by atoms with Crippen molar-refractivity contribution >= 4 is 92.8 Å². The van der Waals surface area contributed by atoms with Crippen LogP contribution in [0.1, 0.15) is 25.3 Å². The van der Waals surface area contributed by atoms with E-state index < -0.39 is 93.3 Å². The number of hydrogen-bond donors (Lipinski definition) is 7. The first kappa shape index (κ1) is 50.2. The molecule has 1 heterocycles. The van der Waals surface area contributed by atoms with Gasteiger partial charge in [0.25, 0.3) is 36.3 Å². The number of aliphatic hydroxyl groups excluding tert-OH is 2. The van der Waals surface area contributed by atoms with E-state index in [4.69, 9.17) is 9.47 Å². The van der Waals surface area contributed by atoms with Gasteiger partial charge in [0.15, 0.2) is 11.5 Å². The van der Waals surface area contributed by atoms with Crippen LogP contribution in [0.25, 0.3) is 10.8 Å². The number of anilines is 1. The van der Waals surface area contributed by atoms with Gasteiger partial charge >= 0.3 is 5.97 Å². The van der Waals surface area contributed by atoms with Crippen molar-refractivity contribution < 1.29 is 78.4 Å². The number of fused-ring (bicyclic) bond motifs is 1. The molecular weight excluding hydrogens is 961 g/mol. The summed E-state index contributed by atoms with van der Waals surface area (Å²) in [5.41, 5.74) is -1.76. The van der Waals surface area contributed by atoms with Crippen LogP contribution in [0.5, 0.6) is 17.2 Å². The Morgan fingerprint density at radius 1 is 0.721 bits per heavy atom. The molecule has 0 bridgehead atoms. The first-order valence-corrected chi connectivity index (χ1v) is 24.0. The van der Waals surface area contributed by atoms with E-state index >= 15 is 0 Å². The second-order valence-electron chi connectivity index (χ2n) is 14.2. The number of azo groups is 3. The molecule has 0 spiro atoms. The van der Waals surface area contributed by atoms with Crippen molar-refractivity contribution in [2.75, 3.05) is 31.4 Å². The van der Waals surface area contributed by atoms with Gasteiger partial charge in [0.2, 0.25) is 6.04 Å². The molecule has 0 fully saturated rings. The number of carbonyl (C=O) groups excluding carboxylic acids is 1. The van der Waals surface area contributed by atoms with Crippen molar-refractivity contribution in [3.63, 3.8) is 0 Å². The number of amides is 1. The Bertz CT molecular complexity index is 3260. The molecule has 1 aliphatic heterocycles.